The Kier molecular flexibility index (Phi) is 2.69. The first-order valence-corrected chi connectivity index (χ1v) is 6.25. The van der Waals surface area contributed by atoms with Gasteiger partial charge in [0.2, 0.25) is 0 Å². The molecule has 0 spiro atoms. The monoisotopic (exact) mass is 223 g/mol. The second-order valence-corrected chi connectivity index (χ2v) is 4.78. The van der Waals surface area contributed by atoms with E-state index in [-0.39, 0.29) is 6.04 Å². The Morgan fingerprint density at radius 3 is 2.18 bits per heavy atom. The summed E-state index contributed by atoms with van der Waals surface area (Å²) in [4.78, 5) is 0. The highest BCUT2D eigenvalue weighted by Gasteiger charge is 2.25. The summed E-state index contributed by atoms with van der Waals surface area (Å²) < 4.78 is 0. The highest BCUT2D eigenvalue weighted by atomic mass is 14.6. The van der Waals surface area contributed by atoms with E-state index < -0.39 is 0 Å². The van der Waals surface area contributed by atoms with Gasteiger partial charge in [0, 0.05) is 12.0 Å². The molecule has 1 nitrogen and oxygen atoms in total. The minimum Gasteiger partial charge on any atom is -0.324 e. The summed E-state index contributed by atoms with van der Waals surface area (Å²) in [5, 5.41) is 0. The fraction of sp³-hybridized carbons (Fsp3) is 0.250. The van der Waals surface area contributed by atoms with Gasteiger partial charge in [-0.3, -0.25) is 0 Å². The van der Waals surface area contributed by atoms with Gasteiger partial charge in [-0.2, -0.15) is 0 Å². The number of benzene rings is 2. The molecular weight excluding hydrogens is 206 g/mol. The molecule has 2 atom stereocenters. The molecule has 1 aliphatic rings. The Morgan fingerprint density at radius 2 is 1.41 bits per heavy atom. The van der Waals surface area contributed by atoms with E-state index in [2.05, 4.69) is 54.6 Å². The summed E-state index contributed by atoms with van der Waals surface area (Å²) in [7, 11) is 0. The zero-order chi connectivity index (χ0) is 11.7. The molecule has 0 fully saturated rings. The topological polar surface area (TPSA) is 26.0 Å². The normalized spacial score (nSPS) is 23.1. The van der Waals surface area contributed by atoms with Crippen molar-refractivity contribution >= 4 is 0 Å². The summed E-state index contributed by atoms with van der Waals surface area (Å²) in [5.41, 5.74) is 10.3. The number of hydrogen-bond donors (Lipinski definition) is 1. The predicted molar refractivity (Wildman–Crippen MR) is 70.9 cm³/mol. The second kappa shape index (κ2) is 4.34. The molecule has 2 aromatic carbocycles. The van der Waals surface area contributed by atoms with Gasteiger partial charge in [-0.25, -0.2) is 0 Å². The van der Waals surface area contributed by atoms with E-state index in [0.29, 0.717) is 5.92 Å². The van der Waals surface area contributed by atoms with Crippen LogP contribution in [0.25, 0.3) is 0 Å². The van der Waals surface area contributed by atoms with Crippen LogP contribution in [0.3, 0.4) is 0 Å². The van der Waals surface area contributed by atoms with Crippen LogP contribution in [0.15, 0.2) is 54.6 Å². The van der Waals surface area contributed by atoms with Gasteiger partial charge >= 0.3 is 0 Å². The third-order valence-corrected chi connectivity index (χ3v) is 3.74. The lowest BCUT2D eigenvalue weighted by atomic mass is 9.77. The lowest BCUT2D eigenvalue weighted by Crippen LogP contribution is -2.20. The molecule has 2 unspecified atom stereocenters. The number of rotatable bonds is 1. The lowest BCUT2D eigenvalue weighted by molar-refractivity contribution is 0.530. The van der Waals surface area contributed by atoms with Crippen LogP contribution in [0.5, 0.6) is 0 Å². The molecule has 0 aliphatic heterocycles. The maximum Gasteiger partial charge on any atom is 0.0298 e. The summed E-state index contributed by atoms with van der Waals surface area (Å²) in [6, 6.07) is 19.6. The van der Waals surface area contributed by atoms with Crippen molar-refractivity contribution in [2.24, 2.45) is 5.73 Å². The summed E-state index contributed by atoms with van der Waals surface area (Å²) in [5.74, 6) is 0.521. The van der Waals surface area contributed by atoms with Crippen LogP contribution >= 0.6 is 0 Å². The van der Waals surface area contributed by atoms with Crippen LogP contribution in [-0.4, -0.2) is 0 Å². The molecule has 0 saturated heterocycles. The predicted octanol–water partition coefficient (Wildman–Crippen LogP) is 3.61. The van der Waals surface area contributed by atoms with Crippen LogP contribution in [-0.2, 0) is 0 Å². The molecule has 0 radical (unpaired) electrons. The Balaban J connectivity index is 2.07. The maximum absolute atomic E-state index is 6.19. The van der Waals surface area contributed by atoms with E-state index >= 15 is 0 Å². The van der Waals surface area contributed by atoms with Crippen molar-refractivity contribution in [3.05, 3.63) is 71.3 Å². The Labute approximate surface area is 102 Å². The van der Waals surface area contributed by atoms with Gasteiger partial charge in [0.05, 0.1) is 0 Å². The number of fused-ring (bicyclic) bond motifs is 1. The van der Waals surface area contributed by atoms with Crippen molar-refractivity contribution in [3.63, 3.8) is 0 Å². The molecule has 0 aromatic heterocycles. The van der Waals surface area contributed by atoms with E-state index in [4.69, 9.17) is 5.73 Å². The first-order chi connectivity index (χ1) is 8.36. The summed E-state index contributed by atoms with van der Waals surface area (Å²) in [6.07, 6.45) is 2.23. The Hall–Kier alpha value is -1.60. The lowest BCUT2D eigenvalue weighted by Gasteiger charge is -2.29. The quantitative estimate of drug-likeness (QED) is 0.785. The third-order valence-electron chi connectivity index (χ3n) is 3.74. The van der Waals surface area contributed by atoms with Gasteiger partial charge < -0.3 is 5.73 Å². The zero-order valence-corrected chi connectivity index (χ0v) is 9.84. The molecule has 0 amide bonds. The molecule has 1 heteroatoms. The molecule has 2 aromatic rings. The fourth-order valence-corrected chi connectivity index (χ4v) is 2.85. The van der Waals surface area contributed by atoms with Crippen molar-refractivity contribution in [3.8, 4) is 0 Å². The number of nitrogens with two attached hydrogens (primary N) is 1. The van der Waals surface area contributed by atoms with Gasteiger partial charge in [-0.15, -0.1) is 0 Å². The van der Waals surface area contributed by atoms with E-state index in [0.717, 1.165) is 12.8 Å². The third kappa shape index (κ3) is 1.87. The minimum atomic E-state index is 0.214. The Morgan fingerprint density at radius 1 is 0.765 bits per heavy atom. The van der Waals surface area contributed by atoms with Crippen LogP contribution in [0.4, 0.5) is 0 Å². The average Bonchev–Trinajstić information content (AvgIpc) is 2.41. The number of hydrogen-bond acceptors (Lipinski definition) is 1. The van der Waals surface area contributed by atoms with Gasteiger partial charge in [-0.1, -0.05) is 54.6 Å². The SMILES string of the molecule is NC1CCC(c2ccccc2)c2ccccc21. The summed E-state index contributed by atoms with van der Waals surface area (Å²) in [6.45, 7) is 0. The minimum absolute atomic E-state index is 0.214. The van der Waals surface area contributed by atoms with Gasteiger partial charge in [0.25, 0.3) is 0 Å². The highest BCUT2D eigenvalue weighted by molar-refractivity contribution is 5.41. The molecule has 1 aliphatic carbocycles. The molecule has 3 rings (SSSR count). The molecule has 2 N–H and O–H groups in total. The average molecular weight is 223 g/mol. The fourth-order valence-electron chi connectivity index (χ4n) is 2.85. The van der Waals surface area contributed by atoms with E-state index in [1.807, 2.05) is 0 Å². The largest absolute Gasteiger partial charge is 0.324 e. The van der Waals surface area contributed by atoms with Gasteiger partial charge in [0.15, 0.2) is 0 Å². The van der Waals surface area contributed by atoms with Gasteiger partial charge in [0.1, 0.15) is 0 Å². The standard InChI is InChI=1S/C16H17N/c17-16-11-10-13(12-6-2-1-3-7-12)14-8-4-5-9-15(14)16/h1-9,13,16H,10-11,17H2. The molecule has 0 saturated carbocycles. The van der Waals surface area contributed by atoms with Crippen LogP contribution in [0, 0.1) is 0 Å². The molecule has 86 valence electrons. The Bertz CT molecular complexity index is 504. The second-order valence-electron chi connectivity index (χ2n) is 4.78. The smallest absolute Gasteiger partial charge is 0.0298 e. The van der Waals surface area contributed by atoms with Crippen LogP contribution < -0.4 is 5.73 Å². The highest BCUT2D eigenvalue weighted by Crippen LogP contribution is 2.39. The molecule has 0 heterocycles. The van der Waals surface area contributed by atoms with E-state index in [1.165, 1.54) is 16.7 Å². The molecule has 0 bridgehead atoms. The summed E-state index contributed by atoms with van der Waals surface area (Å²) >= 11 is 0. The van der Waals surface area contributed by atoms with Crippen LogP contribution in [0.2, 0.25) is 0 Å². The zero-order valence-electron chi connectivity index (χ0n) is 9.84. The first kappa shape index (κ1) is 10.5. The van der Waals surface area contributed by atoms with Crippen molar-refractivity contribution < 1.29 is 0 Å². The van der Waals surface area contributed by atoms with Gasteiger partial charge in [-0.05, 0) is 29.5 Å². The van der Waals surface area contributed by atoms with Crippen molar-refractivity contribution in [1.82, 2.24) is 0 Å². The first-order valence-electron chi connectivity index (χ1n) is 6.25. The van der Waals surface area contributed by atoms with E-state index in [1.54, 1.807) is 0 Å². The molecular formula is C16H17N. The van der Waals surface area contributed by atoms with Crippen LogP contribution in [0.1, 0.15) is 41.5 Å². The van der Waals surface area contributed by atoms with Crippen molar-refractivity contribution in [2.75, 3.05) is 0 Å². The van der Waals surface area contributed by atoms with E-state index in [9.17, 15) is 0 Å². The molecule has 17 heavy (non-hydrogen) atoms. The maximum atomic E-state index is 6.19. The van der Waals surface area contributed by atoms with Crippen molar-refractivity contribution in [1.29, 1.82) is 0 Å². The van der Waals surface area contributed by atoms with Crippen molar-refractivity contribution in [2.45, 2.75) is 24.8 Å².